The summed E-state index contributed by atoms with van der Waals surface area (Å²) in [5.74, 6) is 0.190. The minimum absolute atomic E-state index is 0.135. The first kappa shape index (κ1) is 16.1. The first-order valence-corrected chi connectivity index (χ1v) is 7.51. The van der Waals surface area contributed by atoms with Gasteiger partial charge in [0.05, 0.1) is 0 Å². The molecule has 22 heavy (non-hydrogen) atoms. The van der Waals surface area contributed by atoms with Gasteiger partial charge < -0.3 is 9.64 Å². The second-order valence-electron chi connectivity index (χ2n) is 5.36. The quantitative estimate of drug-likeness (QED) is 0.803. The van der Waals surface area contributed by atoms with Gasteiger partial charge in [-0.3, -0.25) is 9.69 Å². The first-order valence-electron chi connectivity index (χ1n) is 7.51. The number of anilines is 1. The third-order valence-electron chi connectivity index (χ3n) is 3.50. The number of nitrogens with zero attached hydrogens (tertiary/aromatic N) is 3. The summed E-state index contributed by atoms with van der Waals surface area (Å²) in [4.78, 5) is 20.2. The van der Waals surface area contributed by atoms with Crippen molar-refractivity contribution in [3.8, 4) is 0 Å². The maximum atomic E-state index is 12.3. The van der Waals surface area contributed by atoms with E-state index in [1.807, 2.05) is 46.1 Å². The molecule has 1 aliphatic rings. The first-order chi connectivity index (χ1) is 10.5. The molecule has 1 aliphatic heterocycles. The van der Waals surface area contributed by atoms with E-state index in [0.717, 1.165) is 16.8 Å². The summed E-state index contributed by atoms with van der Waals surface area (Å²) >= 11 is 0. The molecule has 0 aromatic heterocycles. The number of carbonyl (C=O) groups is 1. The summed E-state index contributed by atoms with van der Waals surface area (Å²) in [6.07, 6.45) is 1.77. The van der Waals surface area contributed by atoms with E-state index in [-0.39, 0.29) is 5.91 Å². The Morgan fingerprint density at radius 3 is 2.59 bits per heavy atom. The van der Waals surface area contributed by atoms with Crippen LogP contribution in [0.3, 0.4) is 0 Å². The zero-order valence-corrected chi connectivity index (χ0v) is 13.9. The summed E-state index contributed by atoms with van der Waals surface area (Å²) in [5, 5.41) is 0. The third kappa shape index (κ3) is 3.13. The van der Waals surface area contributed by atoms with E-state index >= 15 is 0 Å². The molecule has 1 heterocycles. The molecule has 1 fully saturated rings. The van der Waals surface area contributed by atoms with Gasteiger partial charge in [0.25, 0.3) is 11.9 Å². The number of carbonyl (C=O) groups excluding carboxylic acids is 1. The summed E-state index contributed by atoms with van der Waals surface area (Å²) in [6.45, 7) is 7.01. The molecule has 5 nitrogen and oxygen atoms in total. The standard InChI is InChI=1S/C17H23N3O2/c1-6-18-17-20(7-2)16(21)15(22-17)11-13-8-9-14(19(4)5)12(3)10-13/h8-11H,6-7H2,1-5H3/b15-11+,18-17+. The van der Waals surface area contributed by atoms with Crippen LogP contribution >= 0.6 is 0 Å². The Labute approximate surface area is 131 Å². The molecule has 0 N–H and O–H groups in total. The van der Waals surface area contributed by atoms with Crippen molar-refractivity contribution in [1.82, 2.24) is 4.90 Å². The molecule has 2 rings (SSSR count). The fourth-order valence-corrected chi connectivity index (χ4v) is 2.46. The molecule has 118 valence electrons. The number of benzene rings is 1. The lowest BCUT2D eigenvalue weighted by atomic mass is 10.1. The maximum Gasteiger partial charge on any atom is 0.300 e. The van der Waals surface area contributed by atoms with E-state index in [4.69, 9.17) is 4.74 Å². The minimum atomic E-state index is -0.135. The number of ether oxygens (including phenoxy) is 1. The van der Waals surface area contributed by atoms with Gasteiger partial charge in [0.2, 0.25) is 0 Å². The van der Waals surface area contributed by atoms with Crippen LogP contribution in [0, 0.1) is 6.92 Å². The SMILES string of the molecule is CC/N=C1/O/C(=C/c2ccc(N(C)C)c(C)c2)C(=O)N1CC. The highest BCUT2D eigenvalue weighted by Crippen LogP contribution is 2.23. The Kier molecular flexibility index (Phi) is 4.85. The van der Waals surface area contributed by atoms with Gasteiger partial charge in [-0.05, 0) is 50.1 Å². The average Bonchev–Trinajstić information content (AvgIpc) is 2.74. The highest BCUT2D eigenvalue weighted by Gasteiger charge is 2.33. The Morgan fingerprint density at radius 1 is 1.32 bits per heavy atom. The van der Waals surface area contributed by atoms with Crippen LogP contribution in [0.1, 0.15) is 25.0 Å². The normalized spacial score (nSPS) is 18.2. The van der Waals surface area contributed by atoms with Crippen LogP contribution in [0.15, 0.2) is 29.0 Å². The van der Waals surface area contributed by atoms with Crippen molar-refractivity contribution < 1.29 is 9.53 Å². The lowest BCUT2D eigenvalue weighted by molar-refractivity contribution is -0.122. The summed E-state index contributed by atoms with van der Waals surface area (Å²) in [5.41, 5.74) is 3.25. The zero-order chi connectivity index (χ0) is 16.3. The molecule has 0 saturated carbocycles. The Hall–Kier alpha value is -2.30. The number of hydrogen-bond acceptors (Lipinski definition) is 4. The molecule has 1 aromatic rings. The second-order valence-corrected chi connectivity index (χ2v) is 5.36. The monoisotopic (exact) mass is 301 g/mol. The third-order valence-corrected chi connectivity index (χ3v) is 3.50. The topological polar surface area (TPSA) is 45.1 Å². The number of hydrogen-bond donors (Lipinski definition) is 0. The van der Waals surface area contributed by atoms with Crippen molar-refractivity contribution in [3.05, 3.63) is 35.1 Å². The van der Waals surface area contributed by atoms with E-state index in [0.29, 0.717) is 24.9 Å². The fraction of sp³-hybridized carbons (Fsp3) is 0.412. The largest absolute Gasteiger partial charge is 0.420 e. The van der Waals surface area contributed by atoms with Gasteiger partial charge in [0.15, 0.2) is 5.76 Å². The molecule has 0 aliphatic carbocycles. The van der Waals surface area contributed by atoms with Crippen LogP contribution in [0.4, 0.5) is 5.69 Å². The number of aryl methyl sites for hydroxylation is 1. The molecular formula is C17H23N3O2. The van der Waals surface area contributed by atoms with E-state index < -0.39 is 0 Å². The number of amides is 1. The highest BCUT2D eigenvalue weighted by molar-refractivity contribution is 6.11. The number of aliphatic imine (C=N–C) groups is 1. The average molecular weight is 301 g/mol. The number of rotatable bonds is 4. The smallest absolute Gasteiger partial charge is 0.300 e. The second kappa shape index (κ2) is 6.64. The van der Waals surface area contributed by atoms with Gasteiger partial charge in [-0.15, -0.1) is 0 Å². The highest BCUT2D eigenvalue weighted by atomic mass is 16.5. The van der Waals surface area contributed by atoms with Crippen molar-refractivity contribution in [3.63, 3.8) is 0 Å². The predicted octanol–water partition coefficient (Wildman–Crippen LogP) is 2.66. The molecule has 1 saturated heterocycles. The van der Waals surface area contributed by atoms with Crippen molar-refractivity contribution in [1.29, 1.82) is 0 Å². The Balaban J connectivity index is 2.32. The van der Waals surface area contributed by atoms with Gasteiger partial charge in [0.1, 0.15) is 0 Å². The molecule has 0 spiro atoms. The summed E-state index contributed by atoms with van der Waals surface area (Å²) in [7, 11) is 4.02. The van der Waals surface area contributed by atoms with Crippen LogP contribution in [-0.2, 0) is 9.53 Å². The van der Waals surface area contributed by atoms with Crippen LogP contribution < -0.4 is 4.90 Å². The van der Waals surface area contributed by atoms with Crippen LogP contribution in [0.25, 0.3) is 6.08 Å². The van der Waals surface area contributed by atoms with Gasteiger partial charge in [-0.1, -0.05) is 6.07 Å². The van der Waals surface area contributed by atoms with E-state index in [2.05, 4.69) is 16.8 Å². The Bertz CT molecular complexity index is 633. The summed E-state index contributed by atoms with van der Waals surface area (Å²) in [6, 6.07) is 6.46. The fourth-order valence-electron chi connectivity index (χ4n) is 2.46. The molecule has 0 bridgehead atoms. The zero-order valence-electron chi connectivity index (χ0n) is 13.9. The molecular weight excluding hydrogens is 278 g/mol. The molecule has 1 aromatic carbocycles. The van der Waals surface area contributed by atoms with Crippen LogP contribution in [0.2, 0.25) is 0 Å². The molecule has 0 atom stereocenters. The van der Waals surface area contributed by atoms with E-state index in [1.54, 1.807) is 11.0 Å². The van der Waals surface area contributed by atoms with E-state index in [9.17, 15) is 4.79 Å². The van der Waals surface area contributed by atoms with Gasteiger partial charge in [-0.2, -0.15) is 0 Å². The van der Waals surface area contributed by atoms with Crippen molar-refractivity contribution in [2.45, 2.75) is 20.8 Å². The van der Waals surface area contributed by atoms with Crippen LogP contribution in [-0.4, -0.2) is 44.0 Å². The predicted molar refractivity (Wildman–Crippen MR) is 89.9 cm³/mol. The van der Waals surface area contributed by atoms with Crippen LogP contribution in [0.5, 0.6) is 0 Å². The maximum absolute atomic E-state index is 12.3. The van der Waals surface area contributed by atoms with Gasteiger partial charge >= 0.3 is 0 Å². The molecule has 5 heteroatoms. The Morgan fingerprint density at radius 2 is 2.05 bits per heavy atom. The van der Waals surface area contributed by atoms with Gasteiger partial charge in [-0.25, -0.2) is 4.99 Å². The number of amidine groups is 1. The lowest BCUT2D eigenvalue weighted by Crippen LogP contribution is -2.29. The van der Waals surface area contributed by atoms with Gasteiger partial charge in [0, 0.05) is 32.9 Å². The van der Waals surface area contributed by atoms with Crippen molar-refractivity contribution in [2.24, 2.45) is 4.99 Å². The lowest BCUT2D eigenvalue weighted by Gasteiger charge is -2.15. The minimum Gasteiger partial charge on any atom is -0.420 e. The number of likely N-dealkylation sites (N-methyl/N-ethyl adjacent to an activating group) is 1. The van der Waals surface area contributed by atoms with E-state index in [1.165, 1.54) is 0 Å². The molecule has 1 amide bonds. The molecule has 0 radical (unpaired) electrons. The summed E-state index contributed by atoms with van der Waals surface area (Å²) < 4.78 is 5.62. The van der Waals surface area contributed by atoms with Crippen molar-refractivity contribution in [2.75, 3.05) is 32.1 Å². The van der Waals surface area contributed by atoms with Crippen molar-refractivity contribution >= 4 is 23.7 Å². The molecule has 0 unspecified atom stereocenters.